The molecule has 0 fully saturated rings. The molecule has 0 aliphatic rings. The predicted molar refractivity (Wildman–Crippen MR) is 300 cm³/mol. The van der Waals surface area contributed by atoms with Gasteiger partial charge in [0.2, 0.25) is 0 Å². The van der Waals surface area contributed by atoms with Gasteiger partial charge >= 0.3 is 44.8 Å². The quantitative estimate of drug-likeness (QED) is 0.0621. The van der Waals surface area contributed by atoms with Crippen molar-refractivity contribution in [2.45, 2.75) is 0 Å². The molecule has 0 aliphatic carbocycles. The van der Waals surface area contributed by atoms with Crippen molar-refractivity contribution in [1.82, 2.24) is 9.13 Å². The van der Waals surface area contributed by atoms with E-state index in [1.54, 1.807) is 0 Å². The summed E-state index contributed by atoms with van der Waals surface area (Å²) in [5.41, 5.74) is 8.50. The molecule has 0 N–H and O–H groups in total. The summed E-state index contributed by atoms with van der Waals surface area (Å²) in [4.78, 5) is 0. The Morgan fingerprint density at radius 3 is 1.03 bits per heavy atom. The Morgan fingerprint density at radius 2 is 0.606 bits per heavy atom. The number of fused-ring (bicyclic) bond motifs is 6. The van der Waals surface area contributed by atoms with Crippen LogP contribution in [0.25, 0.3) is 55.0 Å². The zero-order valence-electron chi connectivity index (χ0n) is 38.6. The van der Waals surface area contributed by atoms with Crippen molar-refractivity contribution < 1.29 is 44.8 Å². The van der Waals surface area contributed by atoms with Crippen LogP contribution in [0.5, 0.6) is 0 Å². The topological polar surface area (TPSA) is 9.86 Å². The van der Waals surface area contributed by atoms with Gasteiger partial charge in [-0.1, -0.05) is 158 Å². The first kappa shape index (κ1) is 50.6. The third-order valence-electron chi connectivity index (χ3n) is 12.5. The van der Waals surface area contributed by atoms with E-state index in [-0.39, 0.29) is 44.8 Å². The normalized spacial score (nSPS) is 10.6. The minimum atomic E-state index is -0.847. The second-order valence-corrected chi connectivity index (χ2v) is 22.3. The largest absolute Gasteiger partial charge is 1.00 e. The van der Waals surface area contributed by atoms with Gasteiger partial charge in [0.1, 0.15) is 37.1 Å². The fraction of sp³-hybridized carbons (Fsp3) is 0.0154. The van der Waals surface area contributed by atoms with E-state index in [0.29, 0.717) is 0 Å². The van der Waals surface area contributed by atoms with Gasteiger partial charge in [-0.15, -0.1) is 35.4 Å². The van der Waals surface area contributed by atoms with Crippen molar-refractivity contribution in [2.75, 3.05) is 5.90 Å². The maximum absolute atomic E-state index is 7.37. The Hall–Kier alpha value is -6.74. The Bertz CT molecular complexity index is 3550. The number of nitrogens with zero attached hydrogens (tertiary/aromatic N) is 2. The SMILES string of the molecule is [Au+].[Au+].[C-]#Cc1ccc2c(c1)c1ccccc1n2-c1ccccc1.[C-]#Cc1ccc2c3ccccc3n(-c3ccccc3)c2c1.c1ccc([PH+](C[PH+](c2ccccc2)c2ccccc2)c2ccccc2)cc1. The van der Waals surface area contributed by atoms with Crippen LogP contribution in [-0.4, -0.2) is 15.0 Å². The van der Waals surface area contributed by atoms with Gasteiger partial charge in [0.15, 0.2) is 5.90 Å². The molecule has 71 heavy (non-hydrogen) atoms. The van der Waals surface area contributed by atoms with Crippen molar-refractivity contribution in [3.05, 3.63) is 291 Å². The molecule has 6 heteroatoms. The summed E-state index contributed by atoms with van der Waals surface area (Å²) in [6.45, 7) is 0. The molecule has 0 amide bonds. The molecule has 12 rings (SSSR count). The van der Waals surface area contributed by atoms with E-state index >= 15 is 0 Å². The van der Waals surface area contributed by atoms with E-state index in [1.165, 1.54) is 54.3 Å². The van der Waals surface area contributed by atoms with Gasteiger partial charge in [-0.3, -0.25) is 11.8 Å². The van der Waals surface area contributed by atoms with E-state index in [2.05, 4.69) is 239 Å². The molecule has 0 saturated carbocycles. The van der Waals surface area contributed by atoms with Crippen LogP contribution in [0.15, 0.2) is 267 Å². The summed E-state index contributed by atoms with van der Waals surface area (Å²) in [6, 6.07) is 94.0. The van der Waals surface area contributed by atoms with Crippen molar-refractivity contribution in [1.29, 1.82) is 0 Å². The molecule has 0 radical (unpaired) electrons. The van der Waals surface area contributed by atoms with Crippen LogP contribution < -0.4 is 21.2 Å². The Labute approximate surface area is 450 Å². The van der Waals surface area contributed by atoms with Crippen LogP contribution in [0.4, 0.5) is 0 Å². The molecule has 2 aromatic heterocycles. The zero-order valence-corrected chi connectivity index (χ0v) is 44.9. The number of rotatable bonds is 8. The minimum Gasteiger partial charge on any atom is -0.366 e. The first-order valence-electron chi connectivity index (χ1n) is 23.1. The first-order chi connectivity index (χ1) is 34.2. The van der Waals surface area contributed by atoms with Gasteiger partial charge in [-0.25, -0.2) is 0 Å². The molecule has 0 atom stereocenters. The predicted octanol–water partition coefficient (Wildman–Crippen LogP) is 14.1. The van der Waals surface area contributed by atoms with Gasteiger partial charge < -0.3 is 22.0 Å². The molecule has 0 unspecified atom stereocenters. The second-order valence-electron chi connectivity index (χ2n) is 16.7. The van der Waals surface area contributed by atoms with Crippen molar-refractivity contribution in [2.24, 2.45) is 0 Å². The van der Waals surface area contributed by atoms with E-state index < -0.39 is 15.8 Å². The molecular formula is C65H48Au2N2P2+2. The molecule has 0 spiro atoms. The summed E-state index contributed by atoms with van der Waals surface area (Å²) < 4.78 is 4.50. The van der Waals surface area contributed by atoms with Crippen molar-refractivity contribution in [3.8, 4) is 23.2 Å². The molecule has 10 aromatic carbocycles. The summed E-state index contributed by atoms with van der Waals surface area (Å²) in [5.74, 6) is 6.20. The van der Waals surface area contributed by atoms with E-state index in [9.17, 15) is 0 Å². The van der Waals surface area contributed by atoms with Crippen LogP contribution in [-0.2, 0) is 44.8 Å². The first-order valence-corrected chi connectivity index (χ1v) is 26.6. The van der Waals surface area contributed by atoms with Crippen LogP contribution in [0.2, 0.25) is 0 Å². The Kier molecular flexibility index (Phi) is 17.4. The van der Waals surface area contributed by atoms with E-state index in [1.807, 2.05) is 48.5 Å². The van der Waals surface area contributed by atoms with Gasteiger partial charge in [0.25, 0.3) is 0 Å². The third kappa shape index (κ3) is 11.3. The van der Waals surface area contributed by atoms with Gasteiger partial charge in [0.05, 0.1) is 16.6 Å². The summed E-state index contributed by atoms with van der Waals surface area (Å²) in [7, 11) is -1.69. The molecule has 348 valence electrons. The second kappa shape index (κ2) is 24.4. The summed E-state index contributed by atoms with van der Waals surface area (Å²) >= 11 is 0. The number of para-hydroxylation sites is 4. The fourth-order valence-electron chi connectivity index (χ4n) is 9.29. The Morgan fingerprint density at radius 1 is 0.296 bits per heavy atom. The molecule has 0 saturated heterocycles. The van der Waals surface area contributed by atoms with Crippen LogP contribution in [0.3, 0.4) is 0 Å². The number of benzene rings is 10. The van der Waals surface area contributed by atoms with E-state index in [0.717, 1.165) is 38.9 Å². The smallest absolute Gasteiger partial charge is 0.366 e. The van der Waals surface area contributed by atoms with Gasteiger partial charge in [0, 0.05) is 33.1 Å². The Balaban J connectivity index is 0.000000142. The molecule has 2 heterocycles. The van der Waals surface area contributed by atoms with Crippen LogP contribution >= 0.6 is 15.8 Å². The maximum Gasteiger partial charge on any atom is 1.00 e. The average Bonchev–Trinajstić information content (AvgIpc) is 3.95. The number of aromatic nitrogens is 2. The van der Waals surface area contributed by atoms with Crippen molar-refractivity contribution in [3.63, 3.8) is 0 Å². The molecule has 0 bridgehead atoms. The minimum absolute atomic E-state index is 0. The fourth-order valence-corrected chi connectivity index (χ4v) is 17.0. The standard InChI is InChI=1S/C25H22P2.2C20H12N.2Au/c1-5-13-22(14-6-1)26(23-15-7-2-8-16-23)21-27(24-17-9-3-10-18-24)25-19-11-4-12-20-25;1-2-15-12-13-20-18(14-15)17-10-6-7-11-19(17)21(20)16-8-4-3-5-9-16;1-2-15-12-13-18-17-10-6-7-11-19(17)21(20(18)14-15)16-8-4-3-5-9-16;;/h1-20H,21H2;2*3-14H;;/q;2*-1;2*+1/p+2. The van der Waals surface area contributed by atoms with Crippen LogP contribution in [0, 0.1) is 24.7 Å². The molecule has 2 nitrogen and oxygen atoms in total. The van der Waals surface area contributed by atoms with E-state index in [4.69, 9.17) is 12.8 Å². The summed E-state index contributed by atoms with van der Waals surface area (Å²) in [5, 5.41) is 10.8. The molecule has 12 aromatic rings. The van der Waals surface area contributed by atoms with Crippen molar-refractivity contribution >= 4 is 80.7 Å². The third-order valence-corrected chi connectivity index (χ3v) is 19.5. The average molecular weight is 1310 g/mol. The zero-order chi connectivity index (χ0) is 46.8. The van der Waals surface area contributed by atoms with Crippen LogP contribution in [0.1, 0.15) is 11.1 Å². The monoisotopic (exact) mass is 1310 g/mol. The van der Waals surface area contributed by atoms with Gasteiger partial charge in [-0.05, 0) is 90.3 Å². The van der Waals surface area contributed by atoms with Gasteiger partial charge in [-0.2, -0.15) is 0 Å². The summed E-state index contributed by atoms with van der Waals surface area (Å²) in [6.07, 6.45) is 14.7. The molecule has 0 aliphatic heterocycles. The number of hydrogen-bond donors (Lipinski definition) is 0. The maximum atomic E-state index is 7.37. The number of hydrogen-bond acceptors (Lipinski definition) is 0. The molecular weight excluding hydrogens is 1260 g/mol.